The van der Waals surface area contributed by atoms with Crippen LogP contribution in [0.5, 0.6) is 0 Å². The van der Waals surface area contributed by atoms with Crippen LogP contribution < -0.4 is 0 Å². The third-order valence-electron chi connectivity index (χ3n) is 1.86. The number of carbonyl (C=O) groups is 1. The summed E-state index contributed by atoms with van der Waals surface area (Å²) in [7, 11) is 0. The summed E-state index contributed by atoms with van der Waals surface area (Å²) < 4.78 is 0. The molecule has 0 fully saturated rings. The first kappa shape index (κ1) is 11.0. The molecule has 0 aliphatic carbocycles. The third-order valence-corrected chi connectivity index (χ3v) is 2.47. The van der Waals surface area contributed by atoms with E-state index >= 15 is 0 Å². The average Bonchev–Trinajstić information content (AvgIpc) is 2.00. The third kappa shape index (κ3) is 6.42. The number of carbonyl (C=O) groups excluding carboxylic acids is 1. The topological polar surface area (TPSA) is 17.1 Å². The minimum Gasteiger partial charge on any atom is -0.300 e. The van der Waals surface area contributed by atoms with Gasteiger partial charge in [0.2, 0.25) is 0 Å². The Balaban J connectivity index is 3.36. The fourth-order valence-electron chi connectivity index (χ4n) is 0.851. The van der Waals surface area contributed by atoms with Crippen molar-refractivity contribution >= 4 is 17.5 Å². The van der Waals surface area contributed by atoms with Crippen molar-refractivity contribution < 1.29 is 4.79 Å². The highest BCUT2D eigenvalue weighted by molar-refractivity contribution is 7.98. The van der Waals surface area contributed by atoms with E-state index in [-0.39, 0.29) is 0 Å². The molecule has 0 bridgehead atoms. The van der Waals surface area contributed by atoms with Crippen LogP contribution in [-0.2, 0) is 4.79 Å². The van der Waals surface area contributed by atoms with Crippen molar-refractivity contribution in [2.24, 2.45) is 5.92 Å². The summed E-state index contributed by atoms with van der Waals surface area (Å²) in [6.45, 7) is 4.27. The summed E-state index contributed by atoms with van der Waals surface area (Å²) in [4.78, 5) is 11.2. The molecule has 0 saturated carbocycles. The van der Waals surface area contributed by atoms with E-state index in [2.05, 4.69) is 13.8 Å². The van der Waals surface area contributed by atoms with Crippen LogP contribution >= 0.6 is 11.8 Å². The average molecular weight is 174 g/mol. The van der Waals surface area contributed by atoms with Gasteiger partial charge in [0, 0.05) is 12.8 Å². The summed E-state index contributed by atoms with van der Waals surface area (Å²) in [5, 5.41) is 0. The second-order valence-corrected chi connectivity index (χ2v) is 3.98. The fourth-order valence-corrected chi connectivity index (χ4v) is 1.28. The second kappa shape index (κ2) is 6.71. The predicted molar refractivity (Wildman–Crippen MR) is 52.1 cm³/mol. The molecule has 11 heavy (non-hydrogen) atoms. The summed E-state index contributed by atoms with van der Waals surface area (Å²) in [6.07, 6.45) is 4.68. The first-order valence-electron chi connectivity index (χ1n) is 4.21. The molecule has 0 unspecified atom stereocenters. The monoisotopic (exact) mass is 174 g/mol. The van der Waals surface area contributed by atoms with Crippen LogP contribution in [0.15, 0.2) is 0 Å². The van der Waals surface area contributed by atoms with Crippen molar-refractivity contribution in [2.45, 2.75) is 33.1 Å². The number of Topliss-reactive ketones (excluding diaryl/α,β-unsaturated/α-hetero) is 1. The number of thioether (sulfide) groups is 1. The molecule has 1 atom stereocenters. The summed E-state index contributed by atoms with van der Waals surface area (Å²) >= 11 is 1.74. The minimum absolute atomic E-state index is 0.425. The molecule has 0 rings (SSSR count). The van der Waals surface area contributed by atoms with Gasteiger partial charge in [-0.15, -0.1) is 0 Å². The lowest BCUT2D eigenvalue weighted by molar-refractivity contribution is -0.119. The predicted octanol–water partition coefficient (Wildman–Crippen LogP) is 2.74. The van der Waals surface area contributed by atoms with Gasteiger partial charge in [0.25, 0.3) is 0 Å². The van der Waals surface area contributed by atoms with E-state index < -0.39 is 0 Å². The van der Waals surface area contributed by atoms with Crippen LogP contribution in [0.2, 0.25) is 0 Å². The molecule has 0 radical (unpaired) electrons. The zero-order chi connectivity index (χ0) is 8.69. The molecule has 0 aromatic carbocycles. The van der Waals surface area contributed by atoms with Gasteiger partial charge in [-0.3, -0.25) is 4.79 Å². The van der Waals surface area contributed by atoms with E-state index in [1.54, 1.807) is 11.8 Å². The largest absolute Gasteiger partial charge is 0.300 e. The van der Waals surface area contributed by atoms with Gasteiger partial charge in [-0.2, -0.15) is 11.8 Å². The van der Waals surface area contributed by atoms with Gasteiger partial charge in [-0.25, -0.2) is 0 Å². The molecule has 0 aliphatic heterocycles. The summed E-state index contributed by atoms with van der Waals surface area (Å²) in [5.41, 5.74) is 0. The second-order valence-electron chi connectivity index (χ2n) is 3.00. The van der Waals surface area contributed by atoms with E-state index in [1.807, 2.05) is 6.26 Å². The zero-order valence-corrected chi connectivity index (χ0v) is 8.54. The SMILES string of the molecule is CC[C@@H](C)CC(=O)CCSC. The molecule has 0 spiro atoms. The Kier molecular flexibility index (Phi) is 6.73. The Bertz CT molecular complexity index is 112. The van der Waals surface area contributed by atoms with Crippen LogP contribution in [0.25, 0.3) is 0 Å². The van der Waals surface area contributed by atoms with Gasteiger partial charge in [-0.1, -0.05) is 20.3 Å². The Morgan fingerprint density at radius 1 is 1.55 bits per heavy atom. The van der Waals surface area contributed by atoms with E-state index in [1.165, 1.54) is 0 Å². The van der Waals surface area contributed by atoms with Crippen LogP contribution in [0.3, 0.4) is 0 Å². The molecule has 1 nitrogen and oxygen atoms in total. The molecular formula is C9H18OS. The summed E-state index contributed by atoms with van der Waals surface area (Å²) in [5.74, 6) is 1.98. The van der Waals surface area contributed by atoms with Crippen LogP contribution in [0.1, 0.15) is 33.1 Å². The molecular weight excluding hydrogens is 156 g/mol. The van der Waals surface area contributed by atoms with Crippen molar-refractivity contribution in [1.29, 1.82) is 0 Å². The van der Waals surface area contributed by atoms with Crippen LogP contribution in [0, 0.1) is 5.92 Å². The highest BCUT2D eigenvalue weighted by atomic mass is 32.2. The fraction of sp³-hybridized carbons (Fsp3) is 0.889. The number of hydrogen-bond donors (Lipinski definition) is 0. The van der Waals surface area contributed by atoms with Crippen molar-refractivity contribution in [1.82, 2.24) is 0 Å². The number of hydrogen-bond acceptors (Lipinski definition) is 2. The lowest BCUT2D eigenvalue weighted by Gasteiger charge is -2.05. The van der Waals surface area contributed by atoms with Gasteiger partial charge in [0.05, 0.1) is 0 Å². The van der Waals surface area contributed by atoms with E-state index in [0.717, 1.165) is 25.0 Å². The first-order valence-corrected chi connectivity index (χ1v) is 5.60. The van der Waals surface area contributed by atoms with Gasteiger partial charge >= 0.3 is 0 Å². The van der Waals surface area contributed by atoms with Crippen LogP contribution in [0.4, 0.5) is 0 Å². The van der Waals surface area contributed by atoms with Crippen molar-refractivity contribution in [3.63, 3.8) is 0 Å². The van der Waals surface area contributed by atoms with Crippen LogP contribution in [-0.4, -0.2) is 17.8 Å². The number of rotatable bonds is 6. The van der Waals surface area contributed by atoms with Gasteiger partial charge < -0.3 is 0 Å². The van der Waals surface area contributed by atoms with E-state index in [0.29, 0.717) is 11.7 Å². The maximum Gasteiger partial charge on any atom is 0.133 e. The highest BCUT2D eigenvalue weighted by Crippen LogP contribution is 2.09. The molecule has 0 aromatic heterocycles. The molecule has 0 heterocycles. The van der Waals surface area contributed by atoms with E-state index in [4.69, 9.17) is 0 Å². The first-order chi connectivity index (χ1) is 5.20. The van der Waals surface area contributed by atoms with E-state index in [9.17, 15) is 4.79 Å². The van der Waals surface area contributed by atoms with Crippen molar-refractivity contribution in [3.05, 3.63) is 0 Å². The zero-order valence-electron chi connectivity index (χ0n) is 7.72. The Labute approximate surface area is 73.9 Å². The maximum atomic E-state index is 11.2. The normalized spacial score (nSPS) is 13.0. The molecule has 0 amide bonds. The highest BCUT2D eigenvalue weighted by Gasteiger charge is 2.05. The van der Waals surface area contributed by atoms with Gasteiger partial charge in [0.1, 0.15) is 5.78 Å². The lowest BCUT2D eigenvalue weighted by atomic mass is 10.0. The molecule has 66 valence electrons. The Hall–Kier alpha value is 0.0200. The molecule has 0 aromatic rings. The Morgan fingerprint density at radius 2 is 2.18 bits per heavy atom. The molecule has 0 N–H and O–H groups in total. The smallest absolute Gasteiger partial charge is 0.133 e. The summed E-state index contributed by atoms with van der Waals surface area (Å²) in [6, 6.07) is 0. The lowest BCUT2D eigenvalue weighted by Crippen LogP contribution is -2.05. The molecule has 0 saturated heterocycles. The molecule has 2 heteroatoms. The number of ketones is 1. The maximum absolute atomic E-state index is 11.2. The standard InChI is InChI=1S/C9H18OS/c1-4-8(2)7-9(10)5-6-11-3/h8H,4-7H2,1-3H3/t8-/m1/s1. The minimum atomic E-state index is 0.425. The van der Waals surface area contributed by atoms with Crippen molar-refractivity contribution in [3.8, 4) is 0 Å². The van der Waals surface area contributed by atoms with Crippen molar-refractivity contribution in [2.75, 3.05) is 12.0 Å². The Morgan fingerprint density at radius 3 is 2.64 bits per heavy atom. The quantitative estimate of drug-likeness (QED) is 0.616. The van der Waals surface area contributed by atoms with Gasteiger partial charge in [0.15, 0.2) is 0 Å². The molecule has 0 aliphatic rings. The van der Waals surface area contributed by atoms with Gasteiger partial charge in [-0.05, 0) is 17.9 Å².